The molecule has 9 heteroatoms. The molecule has 2 aromatic rings. The largest absolute Gasteiger partial charge is 0.322 e. The molecule has 2 N–H and O–H groups in total. The maximum atomic E-state index is 12.7. The number of carbonyl (C=O) groups excluding carboxylic acids is 3. The third-order valence-electron chi connectivity index (χ3n) is 5.32. The smallest absolute Gasteiger partial charge is 0.255 e. The van der Waals surface area contributed by atoms with Gasteiger partial charge < -0.3 is 10.2 Å². The Bertz CT molecular complexity index is 953. The Morgan fingerprint density at radius 2 is 2.14 bits per heavy atom. The molecule has 1 fully saturated rings. The molecule has 2 aliphatic heterocycles. The molecule has 2 unspecified atom stereocenters. The van der Waals surface area contributed by atoms with Crippen molar-refractivity contribution in [3.05, 3.63) is 41.2 Å². The van der Waals surface area contributed by atoms with E-state index in [0.717, 1.165) is 23.4 Å². The topological polar surface area (TPSA) is 109 Å². The number of imide groups is 1. The summed E-state index contributed by atoms with van der Waals surface area (Å²) in [5.41, 5.74) is 3.11. The predicted molar refractivity (Wildman–Crippen MR) is 99.6 cm³/mol. The minimum absolute atomic E-state index is 0.182. The van der Waals surface area contributed by atoms with E-state index in [1.165, 1.54) is 4.90 Å². The number of piperidine rings is 1. The van der Waals surface area contributed by atoms with Crippen LogP contribution in [0.15, 0.2) is 24.4 Å². The normalized spacial score (nSPS) is 20.3. The van der Waals surface area contributed by atoms with E-state index in [1.54, 1.807) is 10.7 Å². The first kappa shape index (κ1) is 18.3. The molecule has 1 saturated heterocycles. The Kier molecular flexibility index (Phi) is 4.68. The number of aromatic nitrogens is 3. The Morgan fingerprint density at radius 1 is 1.32 bits per heavy atom. The van der Waals surface area contributed by atoms with Gasteiger partial charge in [-0.3, -0.25) is 19.7 Å². The third-order valence-corrected chi connectivity index (χ3v) is 5.32. The highest BCUT2D eigenvalue weighted by Gasteiger charge is 2.39. The minimum atomic E-state index is -0.609. The van der Waals surface area contributed by atoms with Gasteiger partial charge >= 0.3 is 0 Å². The fourth-order valence-corrected chi connectivity index (χ4v) is 3.64. The molecule has 28 heavy (non-hydrogen) atoms. The molecule has 0 radical (unpaired) electrons. The Hall–Kier alpha value is -3.07. The van der Waals surface area contributed by atoms with Crippen LogP contribution in [0.1, 0.15) is 41.4 Å². The maximum Gasteiger partial charge on any atom is 0.255 e. The Labute approximate surface area is 162 Å². The van der Waals surface area contributed by atoms with Crippen LogP contribution < -0.4 is 10.6 Å². The van der Waals surface area contributed by atoms with E-state index in [-0.39, 0.29) is 18.2 Å². The second-order valence-corrected chi connectivity index (χ2v) is 7.29. The average Bonchev–Trinajstić information content (AvgIpc) is 3.26. The number of nitrogens with zero attached hydrogens (tertiary/aromatic N) is 4. The fraction of sp³-hybridized carbons (Fsp3) is 0.421. The highest BCUT2D eigenvalue weighted by Crippen LogP contribution is 2.29. The summed E-state index contributed by atoms with van der Waals surface area (Å²) in [6, 6.07) is 5.17. The molecule has 4 rings (SSSR count). The summed E-state index contributed by atoms with van der Waals surface area (Å²) in [7, 11) is 1.90. The second-order valence-electron chi connectivity index (χ2n) is 7.29. The molecular formula is C19H22N6O3. The summed E-state index contributed by atoms with van der Waals surface area (Å²) in [5, 5.41) is 13.9. The monoisotopic (exact) mass is 382 g/mol. The van der Waals surface area contributed by atoms with Crippen LogP contribution in [0.25, 0.3) is 5.69 Å². The van der Waals surface area contributed by atoms with Gasteiger partial charge in [-0.15, -0.1) is 5.10 Å². The van der Waals surface area contributed by atoms with E-state index in [0.29, 0.717) is 24.6 Å². The number of carbonyl (C=O) groups is 3. The number of hydrogen-bond donors (Lipinski definition) is 2. The highest BCUT2D eigenvalue weighted by molar-refractivity contribution is 6.05. The lowest BCUT2D eigenvalue weighted by Gasteiger charge is -2.29. The Balaban J connectivity index is 1.54. The van der Waals surface area contributed by atoms with Crippen molar-refractivity contribution in [2.24, 2.45) is 0 Å². The lowest BCUT2D eigenvalue weighted by atomic mass is 10.0. The zero-order valence-electron chi connectivity index (χ0n) is 15.8. The summed E-state index contributed by atoms with van der Waals surface area (Å²) in [4.78, 5) is 37.8. The molecule has 0 aliphatic carbocycles. The summed E-state index contributed by atoms with van der Waals surface area (Å²) in [5.74, 6) is -0.877. The van der Waals surface area contributed by atoms with Crippen molar-refractivity contribution in [3.8, 4) is 5.69 Å². The molecule has 3 heterocycles. The molecule has 2 atom stereocenters. The molecular weight excluding hydrogens is 360 g/mol. The van der Waals surface area contributed by atoms with Gasteiger partial charge in [0.25, 0.3) is 5.91 Å². The molecule has 0 bridgehead atoms. The first-order chi connectivity index (χ1) is 13.5. The minimum Gasteiger partial charge on any atom is -0.322 e. The van der Waals surface area contributed by atoms with Crippen molar-refractivity contribution in [1.82, 2.24) is 30.5 Å². The quantitative estimate of drug-likeness (QED) is 0.714. The van der Waals surface area contributed by atoms with Gasteiger partial charge in [0.1, 0.15) is 6.04 Å². The van der Waals surface area contributed by atoms with Gasteiger partial charge in [0.2, 0.25) is 11.8 Å². The first-order valence-electron chi connectivity index (χ1n) is 9.32. The summed E-state index contributed by atoms with van der Waals surface area (Å²) < 4.78 is 1.69. The zero-order valence-corrected chi connectivity index (χ0v) is 15.8. The first-order valence-corrected chi connectivity index (χ1v) is 9.32. The number of rotatable bonds is 5. The van der Waals surface area contributed by atoms with Gasteiger partial charge in [-0.25, -0.2) is 4.68 Å². The van der Waals surface area contributed by atoms with Crippen LogP contribution in [0.3, 0.4) is 0 Å². The number of likely N-dealkylation sites (N-methyl/N-ethyl adjacent to an activating group) is 1. The van der Waals surface area contributed by atoms with Crippen LogP contribution in [-0.4, -0.2) is 56.7 Å². The van der Waals surface area contributed by atoms with Crippen LogP contribution in [0, 0.1) is 0 Å². The average molecular weight is 382 g/mol. The van der Waals surface area contributed by atoms with Crippen molar-refractivity contribution in [1.29, 1.82) is 0 Å². The van der Waals surface area contributed by atoms with Gasteiger partial charge in [0.05, 0.1) is 17.6 Å². The van der Waals surface area contributed by atoms with Crippen LogP contribution in [0.5, 0.6) is 0 Å². The lowest BCUT2D eigenvalue weighted by molar-refractivity contribution is -0.136. The van der Waals surface area contributed by atoms with Gasteiger partial charge in [-0.2, -0.15) is 0 Å². The summed E-state index contributed by atoms with van der Waals surface area (Å²) in [6.45, 7) is 2.41. The van der Waals surface area contributed by atoms with Gasteiger partial charge in [0, 0.05) is 31.0 Å². The van der Waals surface area contributed by atoms with Gasteiger partial charge in [0.15, 0.2) is 0 Å². The van der Waals surface area contributed by atoms with Crippen LogP contribution in [0.4, 0.5) is 0 Å². The van der Waals surface area contributed by atoms with Crippen molar-refractivity contribution in [2.45, 2.75) is 44.8 Å². The summed E-state index contributed by atoms with van der Waals surface area (Å²) in [6.07, 6.45) is 3.25. The molecule has 0 saturated carbocycles. The molecule has 3 amide bonds. The summed E-state index contributed by atoms with van der Waals surface area (Å²) >= 11 is 0. The molecule has 146 valence electrons. The van der Waals surface area contributed by atoms with Gasteiger partial charge in [-0.1, -0.05) is 5.21 Å². The van der Waals surface area contributed by atoms with Crippen molar-refractivity contribution < 1.29 is 14.4 Å². The van der Waals surface area contributed by atoms with E-state index in [2.05, 4.69) is 27.9 Å². The molecule has 0 spiro atoms. The van der Waals surface area contributed by atoms with E-state index < -0.39 is 11.9 Å². The lowest BCUT2D eigenvalue weighted by Crippen LogP contribution is -2.52. The van der Waals surface area contributed by atoms with Crippen molar-refractivity contribution in [3.63, 3.8) is 0 Å². The number of hydrogen-bond acceptors (Lipinski definition) is 6. The van der Waals surface area contributed by atoms with E-state index in [4.69, 9.17) is 0 Å². The second kappa shape index (κ2) is 7.16. The van der Waals surface area contributed by atoms with Crippen LogP contribution >= 0.6 is 0 Å². The van der Waals surface area contributed by atoms with E-state index >= 15 is 0 Å². The number of amides is 3. The number of fused-ring (bicyclic) bond motifs is 1. The SMILES string of the molecule is CNC(C)Cc1cn(-c2ccc3c(c2)CN(C2CCC(=O)NC2=O)C3=O)nn1. The molecule has 1 aromatic carbocycles. The molecule has 9 nitrogen and oxygen atoms in total. The molecule has 2 aliphatic rings. The van der Waals surface area contributed by atoms with E-state index in [1.807, 2.05) is 25.4 Å². The van der Waals surface area contributed by atoms with Crippen LogP contribution in [-0.2, 0) is 22.6 Å². The molecule has 1 aromatic heterocycles. The number of nitrogens with one attached hydrogen (secondary N) is 2. The van der Waals surface area contributed by atoms with Crippen LogP contribution in [0.2, 0.25) is 0 Å². The van der Waals surface area contributed by atoms with Crippen molar-refractivity contribution in [2.75, 3.05) is 7.05 Å². The zero-order chi connectivity index (χ0) is 19.8. The van der Waals surface area contributed by atoms with Gasteiger partial charge in [-0.05, 0) is 44.2 Å². The highest BCUT2D eigenvalue weighted by atomic mass is 16.2. The maximum absolute atomic E-state index is 12.7. The standard InChI is InChI=1S/C19H22N6O3/c1-11(20-2)7-13-10-25(23-22-13)14-3-4-15-12(8-14)9-24(19(15)28)16-5-6-17(26)21-18(16)27/h3-4,8,10-11,16,20H,5-7,9H2,1-2H3,(H,21,26,27). The van der Waals surface area contributed by atoms with E-state index in [9.17, 15) is 14.4 Å². The fourth-order valence-electron chi connectivity index (χ4n) is 3.64. The Morgan fingerprint density at radius 3 is 2.89 bits per heavy atom. The predicted octanol–water partition coefficient (Wildman–Crippen LogP) is 0.179. The number of benzene rings is 1. The third kappa shape index (κ3) is 3.29. The van der Waals surface area contributed by atoms with Crippen molar-refractivity contribution >= 4 is 17.7 Å².